The first-order chi connectivity index (χ1) is 9.60. The summed E-state index contributed by atoms with van der Waals surface area (Å²) in [5.74, 6) is 1.36. The molecule has 0 amide bonds. The van der Waals surface area contributed by atoms with Gasteiger partial charge in [0.25, 0.3) is 0 Å². The first-order valence-electron chi connectivity index (χ1n) is 6.83. The lowest BCUT2D eigenvalue weighted by Gasteiger charge is -2.16. The third kappa shape index (κ3) is 3.84. The van der Waals surface area contributed by atoms with Gasteiger partial charge in [0.05, 0.1) is 0 Å². The third-order valence-corrected chi connectivity index (χ3v) is 3.73. The molecular weight excluding hydrogens is 318 g/mol. The Balaban J connectivity index is 2.09. The third-order valence-electron chi connectivity index (χ3n) is 3.04. The van der Waals surface area contributed by atoms with E-state index in [9.17, 15) is 0 Å². The van der Waals surface area contributed by atoms with Crippen LogP contribution in [0.25, 0.3) is 0 Å². The molecule has 0 aliphatic carbocycles. The number of aromatic nitrogens is 2. The number of benzene rings is 1. The fourth-order valence-corrected chi connectivity index (χ4v) is 2.66. The maximum absolute atomic E-state index is 5.70. The van der Waals surface area contributed by atoms with Gasteiger partial charge in [0.2, 0.25) is 5.88 Å². The number of aromatic amines is 1. The molecule has 0 fully saturated rings. The van der Waals surface area contributed by atoms with Gasteiger partial charge in [-0.05, 0) is 44.5 Å². The molecule has 1 aromatic carbocycles. The second kappa shape index (κ2) is 6.90. The summed E-state index contributed by atoms with van der Waals surface area (Å²) in [5.41, 5.74) is 2.21. The number of halogens is 1. The summed E-state index contributed by atoms with van der Waals surface area (Å²) in [7, 11) is 0. The predicted molar refractivity (Wildman–Crippen MR) is 84.2 cm³/mol. The maximum atomic E-state index is 5.70. The molecule has 2 rings (SSSR count). The molecule has 1 heterocycles. The number of hydrogen-bond acceptors (Lipinski definition) is 3. The van der Waals surface area contributed by atoms with Crippen molar-refractivity contribution in [3.63, 3.8) is 0 Å². The van der Waals surface area contributed by atoms with Crippen molar-refractivity contribution in [3.8, 4) is 11.6 Å². The highest BCUT2D eigenvalue weighted by Gasteiger charge is 2.10. The van der Waals surface area contributed by atoms with E-state index in [1.807, 2.05) is 25.1 Å². The van der Waals surface area contributed by atoms with Gasteiger partial charge in [-0.1, -0.05) is 28.9 Å². The Bertz CT molecular complexity index is 568. The molecule has 0 radical (unpaired) electrons. The van der Waals surface area contributed by atoms with Gasteiger partial charge in [0, 0.05) is 22.3 Å². The molecule has 2 aromatic rings. The zero-order valence-electron chi connectivity index (χ0n) is 12.0. The topological polar surface area (TPSA) is 49.9 Å². The Kier molecular flexibility index (Phi) is 5.20. The number of nitrogens with one attached hydrogen (secondary N) is 2. The Morgan fingerprint density at radius 2 is 2.20 bits per heavy atom. The highest BCUT2D eigenvalue weighted by Crippen LogP contribution is 2.29. The van der Waals surface area contributed by atoms with E-state index in [1.54, 1.807) is 0 Å². The van der Waals surface area contributed by atoms with Crippen LogP contribution in [0.3, 0.4) is 0 Å². The Morgan fingerprint density at radius 3 is 2.80 bits per heavy atom. The van der Waals surface area contributed by atoms with Crippen molar-refractivity contribution in [1.82, 2.24) is 15.5 Å². The SMILES string of the molecule is CCCNC(C)c1ccc(Oc2cc(C)[nH]n2)cc1Br. The molecule has 1 atom stereocenters. The van der Waals surface area contributed by atoms with Crippen molar-refractivity contribution in [2.45, 2.75) is 33.2 Å². The maximum Gasteiger partial charge on any atom is 0.238 e. The molecule has 108 valence electrons. The van der Waals surface area contributed by atoms with Crippen LogP contribution in [0.4, 0.5) is 0 Å². The standard InChI is InChI=1S/C15H20BrN3O/c1-4-7-17-11(3)13-6-5-12(9-14(13)16)20-15-8-10(2)18-19-15/h5-6,8-9,11,17H,4,7H2,1-3H3,(H,18,19). The average molecular weight is 338 g/mol. The monoisotopic (exact) mass is 337 g/mol. The van der Waals surface area contributed by atoms with E-state index in [2.05, 4.69) is 51.4 Å². The van der Waals surface area contributed by atoms with Crippen LogP contribution in [0.5, 0.6) is 11.6 Å². The molecule has 0 aliphatic rings. The lowest BCUT2D eigenvalue weighted by molar-refractivity contribution is 0.460. The van der Waals surface area contributed by atoms with Crippen molar-refractivity contribution in [1.29, 1.82) is 0 Å². The van der Waals surface area contributed by atoms with E-state index >= 15 is 0 Å². The van der Waals surface area contributed by atoms with Crippen molar-refractivity contribution in [3.05, 3.63) is 40.0 Å². The lowest BCUT2D eigenvalue weighted by atomic mass is 10.1. The van der Waals surface area contributed by atoms with Gasteiger partial charge in [-0.2, -0.15) is 0 Å². The van der Waals surface area contributed by atoms with Crippen LogP contribution in [-0.4, -0.2) is 16.7 Å². The average Bonchev–Trinajstić information content (AvgIpc) is 2.81. The molecular formula is C15H20BrN3O. The largest absolute Gasteiger partial charge is 0.438 e. The Labute approximate surface area is 128 Å². The summed E-state index contributed by atoms with van der Waals surface area (Å²) in [6, 6.07) is 8.20. The number of ether oxygens (including phenoxy) is 1. The van der Waals surface area contributed by atoms with E-state index in [0.717, 1.165) is 28.9 Å². The zero-order valence-corrected chi connectivity index (χ0v) is 13.6. The van der Waals surface area contributed by atoms with Gasteiger partial charge in [0.15, 0.2) is 0 Å². The van der Waals surface area contributed by atoms with E-state index < -0.39 is 0 Å². The number of nitrogens with zero attached hydrogens (tertiary/aromatic N) is 1. The van der Waals surface area contributed by atoms with Crippen molar-refractivity contribution < 1.29 is 4.74 Å². The second-order valence-electron chi connectivity index (χ2n) is 4.85. The molecule has 2 N–H and O–H groups in total. The smallest absolute Gasteiger partial charge is 0.238 e. The molecule has 0 spiro atoms. The van der Waals surface area contributed by atoms with Crippen molar-refractivity contribution >= 4 is 15.9 Å². The molecule has 0 saturated carbocycles. The van der Waals surface area contributed by atoms with Crippen molar-refractivity contribution in [2.75, 3.05) is 6.54 Å². The minimum atomic E-state index is 0.311. The van der Waals surface area contributed by atoms with Gasteiger partial charge in [-0.25, -0.2) is 0 Å². The van der Waals surface area contributed by atoms with Gasteiger partial charge >= 0.3 is 0 Å². The highest BCUT2D eigenvalue weighted by molar-refractivity contribution is 9.10. The van der Waals surface area contributed by atoms with Crippen LogP contribution >= 0.6 is 15.9 Å². The molecule has 20 heavy (non-hydrogen) atoms. The summed E-state index contributed by atoms with van der Waals surface area (Å²) in [5, 5.41) is 10.4. The Morgan fingerprint density at radius 1 is 1.40 bits per heavy atom. The number of hydrogen-bond donors (Lipinski definition) is 2. The molecule has 0 aliphatic heterocycles. The van der Waals surface area contributed by atoms with E-state index in [-0.39, 0.29) is 0 Å². The molecule has 4 nitrogen and oxygen atoms in total. The first kappa shape index (κ1) is 15.1. The summed E-state index contributed by atoms with van der Waals surface area (Å²) in [6.07, 6.45) is 1.13. The van der Waals surface area contributed by atoms with E-state index in [4.69, 9.17) is 4.74 Å². The van der Waals surface area contributed by atoms with Crippen LogP contribution in [0.15, 0.2) is 28.7 Å². The van der Waals surface area contributed by atoms with Crippen molar-refractivity contribution in [2.24, 2.45) is 0 Å². The van der Waals surface area contributed by atoms with Gasteiger partial charge in [-0.3, -0.25) is 5.10 Å². The number of rotatable bonds is 6. The number of H-pyrrole nitrogens is 1. The summed E-state index contributed by atoms with van der Waals surface area (Å²) in [4.78, 5) is 0. The molecule has 5 heteroatoms. The molecule has 1 aromatic heterocycles. The minimum absolute atomic E-state index is 0.311. The normalized spacial score (nSPS) is 12.4. The summed E-state index contributed by atoms with van der Waals surface area (Å²) < 4.78 is 6.74. The summed E-state index contributed by atoms with van der Waals surface area (Å²) >= 11 is 3.61. The molecule has 0 bridgehead atoms. The second-order valence-corrected chi connectivity index (χ2v) is 5.70. The van der Waals surface area contributed by atoms with E-state index in [1.165, 1.54) is 5.56 Å². The van der Waals surface area contributed by atoms with Gasteiger partial charge in [-0.15, -0.1) is 5.10 Å². The number of aryl methyl sites for hydroxylation is 1. The van der Waals surface area contributed by atoms with Crippen LogP contribution in [0.1, 0.15) is 37.6 Å². The quantitative estimate of drug-likeness (QED) is 0.824. The van der Waals surface area contributed by atoms with Crippen LogP contribution < -0.4 is 10.1 Å². The highest BCUT2D eigenvalue weighted by atomic mass is 79.9. The summed E-state index contributed by atoms with van der Waals surface area (Å²) in [6.45, 7) is 7.28. The zero-order chi connectivity index (χ0) is 14.5. The Hall–Kier alpha value is -1.33. The predicted octanol–water partition coefficient (Wildman–Crippen LogP) is 4.33. The lowest BCUT2D eigenvalue weighted by Crippen LogP contribution is -2.19. The van der Waals surface area contributed by atoms with E-state index in [0.29, 0.717) is 11.9 Å². The molecule has 1 unspecified atom stereocenters. The minimum Gasteiger partial charge on any atom is -0.438 e. The van der Waals surface area contributed by atoms with Gasteiger partial charge in [0.1, 0.15) is 5.75 Å². The van der Waals surface area contributed by atoms with Crippen LogP contribution in [0, 0.1) is 6.92 Å². The fraction of sp³-hybridized carbons (Fsp3) is 0.400. The fourth-order valence-electron chi connectivity index (χ4n) is 1.96. The molecule has 0 saturated heterocycles. The first-order valence-corrected chi connectivity index (χ1v) is 7.62. The van der Waals surface area contributed by atoms with Crippen LogP contribution in [-0.2, 0) is 0 Å². The van der Waals surface area contributed by atoms with Gasteiger partial charge < -0.3 is 10.1 Å². The van der Waals surface area contributed by atoms with Crippen LogP contribution in [0.2, 0.25) is 0 Å².